The summed E-state index contributed by atoms with van der Waals surface area (Å²) in [4.78, 5) is 0. The summed E-state index contributed by atoms with van der Waals surface area (Å²) < 4.78 is 13.2. The molecule has 134 valence electrons. The summed E-state index contributed by atoms with van der Waals surface area (Å²) in [5.74, 6) is 1.49. The topological polar surface area (TPSA) is 64.4 Å². The number of aromatic nitrogens is 3. The van der Waals surface area contributed by atoms with Gasteiger partial charge >= 0.3 is 0 Å². The lowest BCUT2D eigenvalue weighted by molar-refractivity contribution is 0.296. The molecule has 0 aliphatic rings. The lowest BCUT2D eigenvalue weighted by Crippen LogP contribution is -2.00. The molecule has 0 aliphatic carbocycles. The number of ether oxygens (including phenoxy) is 2. The van der Waals surface area contributed by atoms with E-state index in [0.717, 1.165) is 28.2 Å². The molecular formula is C18H17ClN4O2S. The molecule has 8 heteroatoms. The maximum Gasteiger partial charge on any atom is 0.216 e. The van der Waals surface area contributed by atoms with Crippen molar-refractivity contribution in [1.29, 1.82) is 0 Å². The van der Waals surface area contributed by atoms with E-state index in [1.165, 1.54) is 11.0 Å². The van der Waals surface area contributed by atoms with Gasteiger partial charge in [0.15, 0.2) is 0 Å². The fourth-order valence-electron chi connectivity index (χ4n) is 2.31. The first-order valence-corrected chi connectivity index (χ1v) is 8.57. The molecule has 1 heterocycles. The third kappa shape index (κ3) is 4.30. The van der Waals surface area contributed by atoms with Gasteiger partial charge in [0.05, 0.1) is 13.3 Å². The molecule has 3 rings (SSSR count). The molecule has 26 heavy (non-hydrogen) atoms. The number of aromatic amines is 1. The zero-order valence-electron chi connectivity index (χ0n) is 14.3. The first-order valence-electron chi connectivity index (χ1n) is 7.79. The smallest absolute Gasteiger partial charge is 0.216 e. The average Bonchev–Trinajstić information content (AvgIpc) is 3.06. The van der Waals surface area contributed by atoms with Gasteiger partial charge in [0, 0.05) is 10.6 Å². The van der Waals surface area contributed by atoms with E-state index in [1.807, 2.05) is 43.3 Å². The van der Waals surface area contributed by atoms with Crippen LogP contribution in [0, 0.1) is 11.7 Å². The summed E-state index contributed by atoms with van der Waals surface area (Å²) in [5.41, 5.74) is 2.76. The summed E-state index contributed by atoms with van der Waals surface area (Å²) >= 11 is 11.1. The van der Waals surface area contributed by atoms with Crippen molar-refractivity contribution in [1.82, 2.24) is 14.9 Å². The Hall–Kier alpha value is -2.64. The lowest BCUT2D eigenvalue weighted by Gasteiger charge is -2.12. The fourth-order valence-corrected chi connectivity index (χ4v) is 2.58. The summed E-state index contributed by atoms with van der Waals surface area (Å²) in [6, 6.07) is 11.3. The van der Waals surface area contributed by atoms with Crippen LogP contribution in [-0.2, 0) is 6.61 Å². The van der Waals surface area contributed by atoms with E-state index in [4.69, 9.17) is 33.3 Å². The Morgan fingerprint density at radius 2 is 2.15 bits per heavy atom. The Kier molecular flexibility index (Phi) is 5.70. The number of benzene rings is 2. The van der Waals surface area contributed by atoms with E-state index in [1.54, 1.807) is 13.3 Å². The standard InChI is InChI=1S/C18H17ClN4O2S/c1-12-7-15(4-5-16(12)19)25-10-14-8-13(3-6-17(14)24-2)9-21-23-11-20-22-18(23)26/h3-9,11H,10H2,1-2H3,(H,22,26). The predicted molar refractivity (Wildman–Crippen MR) is 104 cm³/mol. The van der Waals surface area contributed by atoms with Gasteiger partial charge in [-0.15, -0.1) is 0 Å². The van der Waals surface area contributed by atoms with Crippen LogP contribution in [0.2, 0.25) is 5.02 Å². The molecule has 0 atom stereocenters. The van der Waals surface area contributed by atoms with E-state index in [2.05, 4.69) is 15.3 Å². The van der Waals surface area contributed by atoms with Crippen LogP contribution in [0.5, 0.6) is 11.5 Å². The van der Waals surface area contributed by atoms with Crippen LogP contribution in [0.25, 0.3) is 0 Å². The summed E-state index contributed by atoms with van der Waals surface area (Å²) in [6.07, 6.45) is 3.20. The van der Waals surface area contributed by atoms with Gasteiger partial charge in [-0.25, -0.2) is 0 Å². The predicted octanol–water partition coefficient (Wildman–Crippen LogP) is 4.37. The van der Waals surface area contributed by atoms with Crippen molar-refractivity contribution in [3.8, 4) is 11.5 Å². The number of hydrogen-bond donors (Lipinski definition) is 1. The third-order valence-electron chi connectivity index (χ3n) is 3.69. The van der Waals surface area contributed by atoms with Gasteiger partial charge in [-0.3, -0.25) is 5.10 Å². The van der Waals surface area contributed by atoms with Crippen molar-refractivity contribution in [2.24, 2.45) is 5.10 Å². The second-order valence-corrected chi connectivity index (χ2v) is 6.32. The number of nitrogens with zero attached hydrogens (tertiary/aromatic N) is 3. The Bertz CT molecular complexity index is 997. The summed E-state index contributed by atoms with van der Waals surface area (Å²) in [5, 5.41) is 11.5. The summed E-state index contributed by atoms with van der Waals surface area (Å²) in [7, 11) is 1.63. The molecule has 0 fully saturated rings. The average molecular weight is 389 g/mol. The molecule has 0 bridgehead atoms. The maximum absolute atomic E-state index is 6.05. The molecule has 0 spiro atoms. The molecule has 0 aliphatic heterocycles. The second-order valence-electron chi connectivity index (χ2n) is 5.52. The van der Waals surface area contributed by atoms with Gasteiger partial charge in [-0.1, -0.05) is 11.6 Å². The SMILES string of the molecule is COc1ccc(C=Nn2cn[nH]c2=S)cc1COc1ccc(Cl)c(C)c1. The molecule has 0 radical (unpaired) electrons. The van der Waals surface area contributed by atoms with Crippen molar-refractivity contribution in [3.63, 3.8) is 0 Å². The van der Waals surface area contributed by atoms with Crippen LogP contribution in [0.15, 0.2) is 47.8 Å². The maximum atomic E-state index is 6.05. The molecular weight excluding hydrogens is 372 g/mol. The zero-order valence-corrected chi connectivity index (χ0v) is 15.8. The van der Waals surface area contributed by atoms with Crippen molar-refractivity contribution in [2.75, 3.05) is 7.11 Å². The van der Waals surface area contributed by atoms with E-state index in [9.17, 15) is 0 Å². The van der Waals surface area contributed by atoms with Gasteiger partial charge in [-0.2, -0.15) is 14.9 Å². The van der Waals surface area contributed by atoms with Crippen LogP contribution < -0.4 is 9.47 Å². The second kappa shape index (κ2) is 8.16. The number of halogens is 1. The Morgan fingerprint density at radius 1 is 1.31 bits per heavy atom. The Balaban J connectivity index is 1.79. The number of nitrogens with one attached hydrogen (secondary N) is 1. The minimum Gasteiger partial charge on any atom is -0.496 e. The normalized spacial score (nSPS) is 11.0. The highest BCUT2D eigenvalue weighted by atomic mass is 35.5. The number of H-pyrrole nitrogens is 1. The Morgan fingerprint density at radius 3 is 2.85 bits per heavy atom. The van der Waals surface area contributed by atoms with Gasteiger partial charge in [0.2, 0.25) is 4.77 Å². The van der Waals surface area contributed by atoms with E-state index < -0.39 is 0 Å². The monoisotopic (exact) mass is 388 g/mol. The highest BCUT2D eigenvalue weighted by molar-refractivity contribution is 7.71. The van der Waals surface area contributed by atoms with Crippen LogP contribution in [0.3, 0.4) is 0 Å². The molecule has 0 saturated heterocycles. The molecule has 1 aromatic heterocycles. The number of methoxy groups -OCH3 is 1. The van der Waals surface area contributed by atoms with Crippen molar-refractivity contribution >= 4 is 30.0 Å². The van der Waals surface area contributed by atoms with Gasteiger partial charge in [0.25, 0.3) is 0 Å². The number of rotatable bonds is 6. The molecule has 1 N–H and O–H groups in total. The highest BCUT2D eigenvalue weighted by Crippen LogP contribution is 2.24. The zero-order chi connectivity index (χ0) is 18.5. The molecule has 0 saturated carbocycles. The minimum absolute atomic E-state index is 0.358. The van der Waals surface area contributed by atoms with Crippen molar-refractivity contribution < 1.29 is 9.47 Å². The van der Waals surface area contributed by atoms with Crippen molar-refractivity contribution in [2.45, 2.75) is 13.5 Å². The molecule has 2 aromatic carbocycles. The molecule has 0 amide bonds. The number of hydrogen-bond acceptors (Lipinski definition) is 5. The van der Waals surface area contributed by atoms with Crippen LogP contribution in [0.4, 0.5) is 0 Å². The highest BCUT2D eigenvalue weighted by Gasteiger charge is 2.06. The lowest BCUT2D eigenvalue weighted by atomic mass is 10.1. The first kappa shape index (κ1) is 18.2. The van der Waals surface area contributed by atoms with Gasteiger partial charge in [-0.05, 0) is 66.7 Å². The number of aryl methyl sites for hydroxylation is 1. The molecule has 6 nitrogen and oxygen atoms in total. The van der Waals surface area contributed by atoms with E-state index in [-0.39, 0.29) is 0 Å². The Labute approximate surface area is 161 Å². The van der Waals surface area contributed by atoms with Crippen LogP contribution in [-0.4, -0.2) is 28.2 Å². The van der Waals surface area contributed by atoms with Crippen LogP contribution in [0.1, 0.15) is 16.7 Å². The third-order valence-corrected chi connectivity index (χ3v) is 4.40. The van der Waals surface area contributed by atoms with Gasteiger partial charge in [0.1, 0.15) is 24.4 Å². The fraction of sp³-hybridized carbons (Fsp3) is 0.167. The molecule has 0 unspecified atom stereocenters. The van der Waals surface area contributed by atoms with Crippen LogP contribution >= 0.6 is 23.8 Å². The quantitative estimate of drug-likeness (QED) is 0.503. The first-order chi connectivity index (χ1) is 12.6. The van der Waals surface area contributed by atoms with Crippen molar-refractivity contribution in [3.05, 3.63) is 69.2 Å². The molecule has 3 aromatic rings. The largest absolute Gasteiger partial charge is 0.496 e. The van der Waals surface area contributed by atoms with E-state index >= 15 is 0 Å². The van der Waals surface area contributed by atoms with Gasteiger partial charge < -0.3 is 9.47 Å². The van der Waals surface area contributed by atoms with E-state index in [0.29, 0.717) is 16.4 Å². The minimum atomic E-state index is 0.358. The summed E-state index contributed by atoms with van der Waals surface area (Å²) in [6.45, 7) is 2.30.